The van der Waals surface area contributed by atoms with E-state index in [1.54, 1.807) is 11.3 Å². The SMILES string of the molecule is Cc1ccc(C(O)c2sc(C)nc2C)c(C)c1. The zero-order chi connectivity index (χ0) is 12.6. The first-order chi connectivity index (χ1) is 7.99. The number of thiazole rings is 1. The predicted octanol–water partition coefficient (Wildman–Crippen LogP) is 3.46. The summed E-state index contributed by atoms with van der Waals surface area (Å²) in [6.07, 6.45) is -0.554. The van der Waals surface area contributed by atoms with Gasteiger partial charge in [0.2, 0.25) is 0 Å². The lowest BCUT2D eigenvalue weighted by Gasteiger charge is -2.13. The van der Waals surface area contributed by atoms with E-state index in [0.29, 0.717) is 0 Å². The fourth-order valence-electron chi connectivity index (χ4n) is 2.07. The largest absolute Gasteiger partial charge is 0.383 e. The average Bonchev–Trinajstić information content (AvgIpc) is 2.57. The summed E-state index contributed by atoms with van der Waals surface area (Å²) in [4.78, 5) is 5.32. The Bertz CT molecular complexity index is 545. The summed E-state index contributed by atoms with van der Waals surface area (Å²) in [6, 6.07) is 6.14. The van der Waals surface area contributed by atoms with Crippen molar-refractivity contribution in [3.8, 4) is 0 Å². The molecule has 2 nitrogen and oxygen atoms in total. The van der Waals surface area contributed by atoms with E-state index in [0.717, 1.165) is 26.7 Å². The molecule has 0 amide bonds. The van der Waals surface area contributed by atoms with Gasteiger partial charge in [-0.25, -0.2) is 4.98 Å². The van der Waals surface area contributed by atoms with E-state index in [9.17, 15) is 5.11 Å². The Labute approximate surface area is 106 Å². The van der Waals surface area contributed by atoms with E-state index >= 15 is 0 Å². The molecule has 1 aromatic heterocycles. The Hall–Kier alpha value is -1.19. The number of nitrogens with zero attached hydrogens (tertiary/aromatic N) is 1. The number of aliphatic hydroxyl groups excluding tert-OH is 1. The molecule has 1 aromatic carbocycles. The second-order valence-electron chi connectivity index (χ2n) is 4.45. The Morgan fingerprint density at radius 1 is 1.18 bits per heavy atom. The molecule has 0 saturated carbocycles. The van der Waals surface area contributed by atoms with Crippen LogP contribution in [-0.2, 0) is 0 Å². The normalized spacial score (nSPS) is 12.8. The Morgan fingerprint density at radius 3 is 2.41 bits per heavy atom. The first-order valence-corrected chi connectivity index (χ1v) is 6.50. The third kappa shape index (κ3) is 2.40. The van der Waals surface area contributed by atoms with Crippen molar-refractivity contribution >= 4 is 11.3 Å². The van der Waals surface area contributed by atoms with Gasteiger partial charge >= 0.3 is 0 Å². The molecule has 3 heteroatoms. The molecule has 0 aliphatic carbocycles. The smallest absolute Gasteiger partial charge is 0.115 e. The summed E-state index contributed by atoms with van der Waals surface area (Å²) < 4.78 is 0. The Balaban J connectivity index is 2.43. The van der Waals surface area contributed by atoms with Crippen LogP contribution >= 0.6 is 11.3 Å². The molecule has 1 atom stereocenters. The van der Waals surface area contributed by atoms with Gasteiger partial charge in [-0.2, -0.15) is 0 Å². The van der Waals surface area contributed by atoms with Crippen molar-refractivity contribution in [1.82, 2.24) is 4.98 Å². The maximum Gasteiger partial charge on any atom is 0.115 e. The van der Waals surface area contributed by atoms with Crippen LogP contribution in [0, 0.1) is 27.7 Å². The summed E-state index contributed by atoms with van der Waals surface area (Å²) in [6.45, 7) is 8.02. The van der Waals surface area contributed by atoms with Crippen LogP contribution in [0.5, 0.6) is 0 Å². The van der Waals surface area contributed by atoms with Crippen molar-refractivity contribution in [3.63, 3.8) is 0 Å². The molecule has 0 aliphatic heterocycles. The molecular formula is C14H17NOS. The second-order valence-corrected chi connectivity index (χ2v) is 5.68. The molecule has 0 saturated heterocycles. The van der Waals surface area contributed by atoms with E-state index in [1.165, 1.54) is 5.56 Å². The van der Waals surface area contributed by atoms with E-state index in [1.807, 2.05) is 32.9 Å². The van der Waals surface area contributed by atoms with E-state index in [2.05, 4.69) is 18.0 Å². The Morgan fingerprint density at radius 2 is 1.88 bits per heavy atom. The van der Waals surface area contributed by atoms with Crippen molar-refractivity contribution in [2.75, 3.05) is 0 Å². The molecule has 1 N–H and O–H groups in total. The molecule has 17 heavy (non-hydrogen) atoms. The molecule has 1 unspecified atom stereocenters. The molecule has 0 fully saturated rings. The van der Waals surface area contributed by atoms with Crippen molar-refractivity contribution in [2.45, 2.75) is 33.8 Å². The number of aromatic nitrogens is 1. The third-order valence-corrected chi connectivity index (χ3v) is 4.03. The van der Waals surface area contributed by atoms with Gasteiger partial charge in [-0.05, 0) is 38.8 Å². The maximum absolute atomic E-state index is 10.4. The van der Waals surface area contributed by atoms with Crippen molar-refractivity contribution in [1.29, 1.82) is 0 Å². The third-order valence-electron chi connectivity index (χ3n) is 2.91. The van der Waals surface area contributed by atoms with Crippen LogP contribution in [0.25, 0.3) is 0 Å². The highest BCUT2D eigenvalue weighted by Gasteiger charge is 2.18. The van der Waals surface area contributed by atoms with Gasteiger partial charge in [0.25, 0.3) is 0 Å². The van der Waals surface area contributed by atoms with Crippen LogP contribution in [0.4, 0.5) is 0 Å². The lowest BCUT2D eigenvalue weighted by Crippen LogP contribution is -2.01. The van der Waals surface area contributed by atoms with Crippen LogP contribution in [0.1, 0.15) is 38.4 Å². The fourth-order valence-corrected chi connectivity index (χ4v) is 3.01. The van der Waals surface area contributed by atoms with Crippen LogP contribution in [0.2, 0.25) is 0 Å². The zero-order valence-corrected chi connectivity index (χ0v) is 11.4. The Kier molecular flexibility index (Phi) is 3.31. The highest BCUT2D eigenvalue weighted by Crippen LogP contribution is 2.31. The fraction of sp³-hybridized carbons (Fsp3) is 0.357. The van der Waals surface area contributed by atoms with Gasteiger partial charge in [-0.3, -0.25) is 0 Å². The number of aliphatic hydroxyl groups is 1. The van der Waals surface area contributed by atoms with Gasteiger partial charge in [0.15, 0.2) is 0 Å². The van der Waals surface area contributed by atoms with Gasteiger partial charge in [0.1, 0.15) is 6.10 Å². The minimum atomic E-state index is -0.554. The predicted molar refractivity (Wildman–Crippen MR) is 71.6 cm³/mol. The summed E-state index contributed by atoms with van der Waals surface area (Å²) in [7, 11) is 0. The molecule has 90 valence electrons. The summed E-state index contributed by atoms with van der Waals surface area (Å²) in [5.41, 5.74) is 4.25. The molecule has 2 rings (SSSR count). The summed E-state index contributed by atoms with van der Waals surface area (Å²) in [5.74, 6) is 0. The summed E-state index contributed by atoms with van der Waals surface area (Å²) in [5, 5.41) is 11.4. The lowest BCUT2D eigenvalue weighted by atomic mass is 10.00. The first-order valence-electron chi connectivity index (χ1n) is 5.68. The van der Waals surface area contributed by atoms with Gasteiger partial charge in [-0.15, -0.1) is 11.3 Å². The number of aryl methyl sites for hydroxylation is 4. The molecule has 0 radical (unpaired) electrons. The van der Waals surface area contributed by atoms with Gasteiger partial charge in [0.05, 0.1) is 15.6 Å². The monoisotopic (exact) mass is 247 g/mol. The number of benzene rings is 1. The molecule has 0 spiro atoms. The van der Waals surface area contributed by atoms with Crippen LogP contribution in [-0.4, -0.2) is 10.1 Å². The number of hydrogen-bond donors (Lipinski definition) is 1. The standard InChI is InChI=1S/C14H17NOS/c1-8-5-6-12(9(2)7-8)13(16)14-10(3)15-11(4)17-14/h5-7,13,16H,1-4H3. The van der Waals surface area contributed by atoms with Crippen molar-refractivity contribution in [2.24, 2.45) is 0 Å². The van der Waals surface area contributed by atoms with Crippen LogP contribution in [0.3, 0.4) is 0 Å². The second kappa shape index (κ2) is 4.59. The molecular weight excluding hydrogens is 230 g/mol. The van der Waals surface area contributed by atoms with Gasteiger partial charge in [0, 0.05) is 0 Å². The maximum atomic E-state index is 10.4. The highest BCUT2D eigenvalue weighted by atomic mass is 32.1. The molecule has 1 heterocycles. The molecule has 2 aromatic rings. The number of rotatable bonds is 2. The van der Waals surface area contributed by atoms with Crippen molar-refractivity contribution in [3.05, 3.63) is 50.5 Å². The van der Waals surface area contributed by atoms with E-state index < -0.39 is 6.10 Å². The van der Waals surface area contributed by atoms with Crippen molar-refractivity contribution < 1.29 is 5.11 Å². The van der Waals surface area contributed by atoms with Gasteiger partial charge in [-0.1, -0.05) is 23.8 Å². The minimum Gasteiger partial charge on any atom is -0.383 e. The summed E-state index contributed by atoms with van der Waals surface area (Å²) >= 11 is 1.57. The van der Waals surface area contributed by atoms with Crippen LogP contribution < -0.4 is 0 Å². The molecule has 0 aliphatic rings. The topological polar surface area (TPSA) is 33.1 Å². The van der Waals surface area contributed by atoms with E-state index in [-0.39, 0.29) is 0 Å². The van der Waals surface area contributed by atoms with Crippen LogP contribution in [0.15, 0.2) is 18.2 Å². The molecule has 0 bridgehead atoms. The minimum absolute atomic E-state index is 0.554. The zero-order valence-electron chi connectivity index (χ0n) is 10.6. The first kappa shape index (κ1) is 12.3. The van der Waals surface area contributed by atoms with Gasteiger partial charge < -0.3 is 5.11 Å². The number of hydrogen-bond acceptors (Lipinski definition) is 3. The highest BCUT2D eigenvalue weighted by molar-refractivity contribution is 7.11. The quantitative estimate of drug-likeness (QED) is 0.881. The van der Waals surface area contributed by atoms with E-state index in [4.69, 9.17) is 0 Å². The average molecular weight is 247 g/mol. The lowest BCUT2D eigenvalue weighted by molar-refractivity contribution is 0.222.